The third-order valence-electron chi connectivity index (χ3n) is 6.34. The summed E-state index contributed by atoms with van der Waals surface area (Å²) < 4.78 is 15.8. The summed E-state index contributed by atoms with van der Waals surface area (Å²) in [6.07, 6.45) is 0.561. The number of hydrogen-bond donors (Lipinski definition) is 2. The molecule has 0 amide bonds. The molecule has 1 aliphatic carbocycles. The molecule has 0 saturated carbocycles. The number of rotatable bonds is 9. The van der Waals surface area contributed by atoms with Gasteiger partial charge in [-0.3, -0.25) is 9.59 Å². The summed E-state index contributed by atoms with van der Waals surface area (Å²) in [7, 11) is 3.95. The van der Waals surface area contributed by atoms with Crippen LogP contribution in [-0.2, 0) is 9.53 Å². The smallest absolute Gasteiger partial charge is 0.336 e. The summed E-state index contributed by atoms with van der Waals surface area (Å²) in [6, 6.07) is 6.59. The molecular formula is C27H29NO8. The van der Waals surface area contributed by atoms with E-state index in [0.717, 1.165) is 0 Å². The summed E-state index contributed by atoms with van der Waals surface area (Å²) in [6.45, 7) is 5.36. The summed E-state index contributed by atoms with van der Waals surface area (Å²) >= 11 is 0. The number of carboxylic acids is 1. The second-order valence-corrected chi connectivity index (χ2v) is 8.52. The molecule has 3 rings (SSSR count). The predicted octanol–water partition coefficient (Wildman–Crippen LogP) is 3.68. The molecule has 0 aliphatic heterocycles. The van der Waals surface area contributed by atoms with Gasteiger partial charge in [0.1, 0.15) is 17.5 Å². The van der Waals surface area contributed by atoms with E-state index in [-0.39, 0.29) is 50.9 Å². The maximum Gasteiger partial charge on any atom is 0.336 e. The first-order chi connectivity index (χ1) is 17.1. The van der Waals surface area contributed by atoms with Gasteiger partial charge in [0.05, 0.1) is 43.7 Å². The van der Waals surface area contributed by atoms with Crippen molar-refractivity contribution in [2.24, 2.45) is 5.92 Å². The van der Waals surface area contributed by atoms with E-state index < -0.39 is 29.5 Å². The molecule has 2 aromatic carbocycles. The van der Waals surface area contributed by atoms with Gasteiger partial charge >= 0.3 is 11.9 Å². The molecule has 2 N–H and O–H groups in total. The number of ketones is 2. The molecule has 190 valence electrons. The Hall–Kier alpha value is -4.14. The third-order valence-corrected chi connectivity index (χ3v) is 6.34. The van der Waals surface area contributed by atoms with Crippen molar-refractivity contribution < 1.29 is 38.5 Å². The number of aromatic carboxylic acids is 1. The Labute approximate surface area is 209 Å². The van der Waals surface area contributed by atoms with Crippen molar-refractivity contribution in [3.63, 3.8) is 0 Å². The highest BCUT2D eigenvalue weighted by Crippen LogP contribution is 2.41. The van der Waals surface area contributed by atoms with E-state index in [0.29, 0.717) is 12.0 Å². The van der Waals surface area contributed by atoms with Crippen molar-refractivity contribution in [2.45, 2.75) is 33.2 Å². The van der Waals surface area contributed by atoms with Crippen LogP contribution in [0, 0.1) is 12.8 Å². The van der Waals surface area contributed by atoms with Gasteiger partial charge in [-0.2, -0.15) is 0 Å². The average molecular weight is 496 g/mol. The van der Waals surface area contributed by atoms with Crippen molar-refractivity contribution in [2.75, 3.05) is 21.3 Å². The number of ether oxygens (including phenoxy) is 3. The zero-order valence-electron chi connectivity index (χ0n) is 21.1. The van der Waals surface area contributed by atoms with Gasteiger partial charge in [-0.15, -0.1) is 0 Å². The largest absolute Gasteiger partial charge is 0.496 e. The van der Waals surface area contributed by atoms with E-state index in [1.54, 1.807) is 32.0 Å². The van der Waals surface area contributed by atoms with Gasteiger partial charge in [0.2, 0.25) is 5.78 Å². The first kappa shape index (κ1) is 26.5. The number of allylic oxidation sites excluding steroid dienone is 2. The number of esters is 1. The number of hydrogen-bond acceptors (Lipinski definition) is 8. The van der Waals surface area contributed by atoms with Crippen LogP contribution in [0.15, 0.2) is 36.0 Å². The Bertz CT molecular complexity index is 1280. The van der Waals surface area contributed by atoms with Crippen LogP contribution in [0.4, 0.5) is 0 Å². The molecule has 9 heteroatoms. The molecule has 0 spiro atoms. The molecular weight excluding hydrogens is 466 g/mol. The van der Waals surface area contributed by atoms with Crippen LogP contribution in [0.3, 0.4) is 0 Å². The summed E-state index contributed by atoms with van der Waals surface area (Å²) in [5, 5.41) is 12.9. The molecule has 36 heavy (non-hydrogen) atoms. The minimum atomic E-state index is -1.30. The Morgan fingerprint density at radius 2 is 1.67 bits per heavy atom. The summed E-state index contributed by atoms with van der Waals surface area (Å²) in [5.41, 5.74) is -0.0372. The highest BCUT2D eigenvalue weighted by atomic mass is 16.5. The number of carbonyl (C=O) groups excluding carboxylic acids is 3. The molecule has 0 unspecified atom stereocenters. The van der Waals surface area contributed by atoms with E-state index >= 15 is 0 Å². The van der Waals surface area contributed by atoms with Crippen molar-refractivity contribution in [1.82, 2.24) is 5.32 Å². The number of fused-ring (bicyclic) bond motifs is 1. The van der Waals surface area contributed by atoms with Crippen LogP contribution in [0.5, 0.6) is 11.5 Å². The van der Waals surface area contributed by atoms with Crippen LogP contribution in [0.2, 0.25) is 0 Å². The fourth-order valence-electron chi connectivity index (χ4n) is 4.28. The summed E-state index contributed by atoms with van der Waals surface area (Å²) in [5.74, 6) is -3.16. The number of benzene rings is 2. The maximum absolute atomic E-state index is 14.0. The molecule has 2 aromatic rings. The molecule has 9 nitrogen and oxygen atoms in total. The van der Waals surface area contributed by atoms with Gasteiger partial charge in [-0.05, 0) is 36.6 Å². The maximum atomic E-state index is 14.0. The lowest BCUT2D eigenvalue weighted by atomic mass is 9.81. The lowest BCUT2D eigenvalue weighted by Gasteiger charge is -2.29. The minimum absolute atomic E-state index is 0.0203. The van der Waals surface area contributed by atoms with Crippen molar-refractivity contribution in [1.29, 1.82) is 0 Å². The zero-order chi connectivity index (χ0) is 26.7. The minimum Gasteiger partial charge on any atom is -0.496 e. The average Bonchev–Trinajstić information content (AvgIpc) is 2.88. The molecule has 0 saturated heterocycles. The van der Waals surface area contributed by atoms with Crippen LogP contribution >= 0.6 is 0 Å². The van der Waals surface area contributed by atoms with Gasteiger partial charge in [-0.25, -0.2) is 9.59 Å². The zero-order valence-corrected chi connectivity index (χ0v) is 21.1. The monoisotopic (exact) mass is 495 g/mol. The number of Topliss-reactive ketones (excluding diaryl/α,β-unsaturated/α-hetero) is 2. The number of carboxylic acid groups (broad SMARTS) is 1. The second kappa shape index (κ2) is 10.6. The molecule has 2 atom stereocenters. The Morgan fingerprint density at radius 3 is 2.22 bits per heavy atom. The fourth-order valence-corrected chi connectivity index (χ4v) is 4.28. The van der Waals surface area contributed by atoms with Crippen LogP contribution in [-0.4, -0.2) is 56.0 Å². The highest BCUT2D eigenvalue weighted by Gasteiger charge is 2.40. The first-order valence-electron chi connectivity index (χ1n) is 11.4. The van der Waals surface area contributed by atoms with E-state index in [1.165, 1.54) is 33.5 Å². The van der Waals surface area contributed by atoms with Crippen molar-refractivity contribution in [3.8, 4) is 11.5 Å². The van der Waals surface area contributed by atoms with Crippen molar-refractivity contribution >= 4 is 29.1 Å². The van der Waals surface area contributed by atoms with Gasteiger partial charge in [0.25, 0.3) is 0 Å². The lowest BCUT2D eigenvalue weighted by molar-refractivity contribution is -0.144. The van der Waals surface area contributed by atoms with E-state index in [4.69, 9.17) is 14.2 Å². The van der Waals surface area contributed by atoms with E-state index in [2.05, 4.69) is 5.32 Å². The van der Waals surface area contributed by atoms with Crippen molar-refractivity contribution in [3.05, 3.63) is 63.8 Å². The summed E-state index contributed by atoms with van der Waals surface area (Å²) in [4.78, 5) is 52.8. The quantitative estimate of drug-likeness (QED) is 0.501. The molecule has 1 aliphatic rings. The standard InChI is InChI=1S/C27H29NO8/c1-7-14(3)22(27(33)36-6)28-23-21(19-16(26(31)32)11-13(2)12-18(19)35-5)24(29)15-9-8-10-17(34-4)20(15)25(23)30/h8-12,14,22,28H,7H2,1-6H3,(H,31,32)/t14-,22-/m0/s1. The molecule has 0 bridgehead atoms. The topological polar surface area (TPSA) is 128 Å². The van der Waals surface area contributed by atoms with E-state index in [1.807, 2.05) is 6.92 Å². The van der Waals surface area contributed by atoms with Gasteiger partial charge in [-0.1, -0.05) is 32.4 Å². The molecule has 0 fully saturated rings. The fraction of sp³-hybridized carbons (Fsp3) is 0.333. The van der Waals surface area contributed by atoms with Gasteiger partial charge in [0, 0.05) is 11.1 Å². The van der Waals surface area contributed by atoms with Crippen LogP contribution < -0.4 is 14.8 Å². The molecule has 0 heterocycles. The molecule has 0 aromatic heterocycles. The highest BCUT2D eigenvalue weighted by molar-refractivity contribution is 6.42. The second-order valence-electron chi connectivity index (χ2n) is 8.52. The van der Waals surface area contributed by atoms with Crippen LogP contribution in [0.1, 0.15) is 62.5 Å². The first-order valence-corrected chi connectivity index (χ1v) is 11.4. The number of carbonyl (C=O) groups is 4. The normalized spacial score (nSPS) is 14.6. The Balaban J connectivity index is 2.44. The third kappa shape index (κ3) is 4.56. The van der Waals surface area contributed by atoms with Gasteiger partial charge in [0.15, 0.2) is 5.78 Å². The predicted molar refractivity (Wildman–Crippen MR) is 132 cm³/mol. The van der Waals surface area contributed by atoms with E-state index in [9.17, 15) is 24.3 Å². The SMILES string of the molecule is CC[C@H](C)[C@H](NC1=C(c2c(OC)cc(C)cc2C(=O)O)C(=O)c2cccc(OC)c2C1=O)C(=O)OC. The number of methoxy groups -OCH3 is 3. The molecule has 0 radical (unpaired) electrons. The number of nitrogens with one attached hydrogen (secondary N) is 1. The number of aryl methyl sites for hydroxylation is 1. The van der Waals surface area contributed by atoms with Crippen LogP contribution in [0.25, 0.3) is 5.57 Å². The Kier molecular flexibility index (Phi) is 7.82. The Morgan fingerprint density at radius 1 is 1.00 bits per heavy atom. The lowest BCUT2D eigenvalue weighted by Crippen LogP contribution is -2.45. The van der Waals surface area contributed by atoms with Gasteiger partial charge < -0.3 is 24.6 Å².